The van der Waals surface area contributed by atoms with Gasteiger partial charge in [-0.2, -0.15) is 5.10 Å². The summed E-state index contributed by atoms with van der Waals surface area (Å²) >= 11 is 0. The number of carbonyl (C=O) groups excluding carboxylic acids is 1. The Bertz CT molecular complexity index is 911. The van der Waals surface area contributed by atoms with E-state index < -0.39 is 0 Å². The number of para-hydroxylation sites is 1. The van der Waals surface area contributed by atoms with Crippen LogP contribution in [0.25, 0.3) is 11.0 Å². The largest absolute Gasteiger partial charge is 0.339 e. The summed E-state index contributed by atoms with van der Waals surface area (Å²) in [7, 11) is 0. The van der Waals surface area contributed by atoms with Crippen molar-refractivity contribution in [2.24, 2.45) is 0 Å². The molecule has 1 atom stereocenters. The maximum absolute atomic E-state index is 12.8. The number of nitrogens with zero attached hydrogens (tertiary/aromatic N) is 6. The van der Waals surface area contributed by atoms with Gasteiger partial charge < -0.3 is 4.90 Å². The van der Waals surface area contributed by atoms with Crippen LogP contribution in [0.15, 0.2) is 30.3 Å². The molecular weight excluding hydrogens is 316 g/mol. The fourth-order valence-corrected chi connectivity index (χ4v) is 3.66. The van der Waals surface area contributed by atoms with Gasteiger partial charge in [-0.15, -0.1) is 5.10 Å². The number of amides is 1. The minimum absolute atomic E-state index is 0.0851. The Kier molecular flexibility index (Phi) is 3.99. The summed E-state index contributed by atoms with van der Waals surface area (Å²) in [4.78, 5) is 14.7. The van der Waals surface area contributed by atoms with Crippen molar-refractivity contribution in [1.29, 1.82) is 0 Å². The predicted octanol–water partition coefficient (Wildman–Crippen LogP) is 2.11. The molecule has 1 amide bonds. The molecule has 1 aliphatic rings. The molecule has 1 fully saturated rings. The molecule has 130 valence electrons. The first kappa shape index (κ1) is 15.8. The second-order valence-electron chi connectivity index (χ2n) is 6.74. The van der Waals surface area contributed by atoms with Crippen molar-refractivity contribution in [3.05, 3.63) is 41.7 Å². The number of piperidine rings is 1. The number of aromatic nitrogens is 5. The van der Waals surface area contributed by atoms with Crippen LogP contribution in [-0.2, 0) is 11.3 Å². The Morgan fingerprint density at radius 2 is 2.12 bits per heavy atom. The molecule has 2 aromatic heterocycles. The third-order valence-electron chi connectivity index (χ3n) is 4.84. The number of carbonyl (C=O) groups is 1. The van der Waals surface area contributed by atoms with Crippen LogP contribution >= 0.6 is 0 Å². The van der Waals surface area contributed by atoms with Gasteiger partial charge in [-0.25, -0.2) is 4.68 Å². The highest BCUT2D eigenvalue weighted by atomic mass is 16.2. The van der Waals surface area contributed by atoms with Crippen molar-refractivity contribution in [2.75, 3.05) is 13.1 Å². The topological polar surface area (TPSA) is 68.8 Å². The monoisotopic (exact) mass is 338 g/mol. The van der Waals surface area contributed by atoms with Gasteiger partial charge in [-0.3, -0.25) is 9.48 Å². The van der Waals surface area contributed by atoms with E-state index in [1.54, 1.807) is 4.68 Å². The van der Waals surface area contributed by atoms with Crippen LogP contribution in [0.1, 0.15) is 30.3 Å². The van der Waals surface area contributed by atoms with E-state index in [-0.39, 0.29) is 18.5 Å². The zero-order valence-corrected chi connectivity index (χ0v) is 14.6. The summed E-state index contributed by atoms with van der Waals surface area (Å²) in [6, 6.07) is 10.0. The Labute approximate surface area is 146 Å². The molecule has 1 saturated heterocycles. The van der Waals surface area contributed by atoms with Gasteiger partial charge in [0.25, 0.3) is 0 Å². The third kappa shape index (κ3) is 3.01. The van der Waals surface area contributed by atoms with Crippen LogP contribution in [-0.4, -0.2) is 48.7 Å². The molecule has 1 aliphatic heterocycles. The van der Waals surface area contributed by atoms with Crippen LogP contribution in [0.2, 0.25) is 0 Å². The number of benzene rings is 1. The first-order valence-electron chi connectivity index (χ1n) is 8.70. The molecule has 0 unspecified atom stereocenters. The standard InChI is InChI=1S/C18H22N6O/c1-13-10-14(2)24(20-13)15-6-5-9-22(11-15)18(25)12-23-17-8-4-3-7-16(17)19-21-23/h3-4,7-8,10,15H,5-6,9,11-12H2,1-2H3/t15-/m0/s1. The molecule has 0 spiro atoms. The van der Waals surface area contributed by atoms with Gasteiger partial charge >= 0.3 is 0 Å². The molecule has 0 radical (unpaired) electrons. The lowest BCUT2D eigenvalue weighted by atomic mass is 10.1. The lowest BCUT2D eigenvalue weighted by Crippen LogP contribution is -2.42. The summed E-state index contributed by atoms with van der Waals surface area (Å²) in [5.74, 6) is 0.0851. The van der Waals surface area contributed by atoms with E-state index in [9.17, 15) is 4.79 Å². The molecule has 1 aromatic carbocycles. The van der Waals surface area contributed by atoms with Crippen molar-refractivity contribution in [2.45, 2.75) is 39.3 Å². The Hall–Kier alpha value is -2.70. The summed E-state index contributed by atoms with van der Waals surface area (Å²) in [6.07, 6.45) is 2.05. The molecule has 4 rings (SSSR count). The fourth-order valence-electron chi connectivity index (χ4n) is 3.66. The highest BCUT2D eigenvalue weighted by molar-refractivity contribution is 5.79. The molecular formula is C18H22N6O. The number of rotatable bonds is 3. The summed E-state index contributed by atoms with van der Waals surface area (Å²) < 4.78 is 3.75. The smallest absolute Gasteiger partial charge is 0.244 e. The van der Waals surface area contributed by atoms with Gasteiger partial charge in [0.2, 0.25) is 5.91 Å². The van der Waals surface area contributed by atoms with Crippen molar-refractivity contribution in [1.82, 2.24) is 29.7 Å². The Morgan fingerprint density at radius 3 is 2.92 bits per heavy atom. The van der Waals surface area contributed by atoms with E-state index in [0.29, 0.717) is 6.54 Å². The summed E-state index contributed by atoms with van der Waals surface area (Å²) in [6.45, 7) is 5.80. The number of hydrogen-bond acceptors (Lipinski definition) is 4. The summed E-state index contributed by atoms with van der Waals surface area (Å²) in [5.41, 5.74) is 3.88. The van der Waals surface area contributed by atoms with Crippen molar-refractivity contribution >= 4 is 16.9 Å². The zero-order chi connectivity index (χ0) is 17.4. The molecule has 3 aromatic rings. The summed E-state index contributed by atoms with van der Waals surface area (Å²) in [5, 5.41) is 12.8. The van der Waals surface area contributed by atoms with Gasteiger partial charge in [0.15, 0.2) is 0 Å². The van der Waals surface area contributed by atoms with Crippen molar-refractivity contribution in [3.63, 3.8) is 0 Å². The van der Waals surface area contributed by atoms with Gasteiger partial charge in [0.05, 0.1) is 17.3 Å². The van der Waals surface area contributed by atoms with Gasteiger partial charge in [0, 0.05) is 18.8 Å². The van der Waals surface area contributed by atoms with Gasteiger partial charge in [-0.1, -0.05) is 17.3 Å². The van der Waals surface area contributed by atoms with Crippen LogP contribution in [0, 0.1) is 13.8 Å². The molecule has 0 saturated carbocycles. The van der Waals surface area contributed by atoms with Crippen LogP contribution in [0.5, 0.6) is 0 Å². The third-order valence-corrected chi connectivity index (χ3v) is 4.84. The maximum atomic E-state index is 12.8. The molecule has 7 nitrogen and oxygen atoms in total. The second kappa shape index (κ2) is 6.31. The average molecular weight is 338 g/mol. The minimum atomic E-state index is 0.0851. The minimum Gasteiger partial charge on any atom is -0.339 e. The molecule has 0 N–H and O–H groups in total. The first-order chi connectivity index (χ1) is 12.1. The quantitative estimate of drug-likeness (QED) is 0.733. The van der Waals surface area contributed by atoms with Crippen molar-refractivity contribution in [3.8, 4) is 0 Å². The predicted molar refractivity (Wildman–Crippen MR) is 94.1 cm³/mol. The van der Waals surface area contributed by atoms with Crippen LogP contribution in [0.4, 0.5) is 0 Å². The lowest BCUT2D eigenvalue weighted by Gasteiger charge is -2.33. The van der Waals surface area contributed by atoms with Crippen LogP contribution < -0.4 is 0 Å². The number of fused-ring (bicyclic) bond motifs is 1. The molecule has 3 heterocycles. The fraction of sp³-hybridized carbons (Fsp3) is 0.444. The SMILES string of the molecule is Cc1cc(C)n([C@H]2CCCN(C(=O)Cn3nnc4ccccc43)C2)n1. The average Bonchev–Trinajstić information content (AvgIpc) is 3.18. The molecule has 0 bridgehead atoms. The van der Waals surface area contributed by atoms with Crippen molar-refractivity contribution < 1.29 is 4.79 Å². The number of likely N-dealkylation sites (tertiary alicyclic amines) is 1. The van der Waals surface area contributed by atoms with E-state index in [2.05, 4.69) is 33.1 Å². The first-order valence-corrected chi connectivity index (χ1v) is 8.70. The number of aryl methyl sites for hydroxylation is 2. The molecule has 7 heteroatoms. The Morgan fingerprint density at radius 1 is 1.28 bits per heavy atom. The normalized spacial score (nSPS) is 18.0. The van der Waals surface area contributed by atoms with E-state index in [4.69, 9.17) is 0 Å². The second-order valence-corrected chi connectivity index (χ2v) is 6.74. The highest BCUT2D eigenvalue weighted by Gasteiger charge is 2.26. The Balaban J connectivity index is 1.49. The van der Waals surface area contributed by atoms with E-state index >= 15 is 0 Å². The molecule has 0 aliphatic carbocycles. The highest BCUT2D eigenvalue weighted by Crippen LogP contribution is 2.23. The van der Waals surface area contributed by atoms with E-state index in [1.807, 2.05) is 36.1 Å². The van der Waals surface area contributed by atoms with Crippen LogP contribution in [0.3, 0.4) is 0 Å². The van der Waals surface area contributed by atoms with Gasteiger partial charge in [0.1, 0.15) is 12.1 Å². The van der Waals surface area contributed by atoms with E-state index in [1.165, 1.54) is 0 Å². The number of hydrogen-bond donors (Lipinski definition) is 0. The zero-order valence-electron chi connectivity index (χ0n) is 14.6. The van der Waals surface area contributed by atoms with Gasteiger partial charge in [-0.05, 0) is 44.9 Å². The molecule has 25 heavy (non-hydrogen) atoms. The maximum Gasteiger partial charge on any atom is 0.244 e. The van der Waals surface area contributed by atoms with E-state index in [0.717, 1.165) is 41.8 Å². The lowest BCUT2D eigenvalue weighted by molar-refractivity contribution is -0.133.